The lowest BCUT2D eigenvalue weighted by Gasteiger charge is -2.09. The molecule has 1 N–H and O–H groups in total. The first-order valence-corrected chi connectivity index (χ1v) is 6.87. The first-order valence-electron chi connectivity index (χ1n) is 5.47. The molecule has 18 heavy (non-hydrogen) atoms. The molecule has 5 nitrogen and oxygen atoms in total. The van der Waals surface area contributed by atoms with Crippen LogP contribution >= 0.6 is 11.8 Å². The van der Waals surface area contributed by atoms with E-state index < -0.39 is 11.0 Å². The van der Waals surface area contributed by atoms with Gasteiger partial charge in [0.15, 0.2) is 0 Å². The Bertz CT molecular complexity index is 419. The van der Waals surface area contributed by atoms with Crippen LogP contribution in [0.4, 0.5) is 5.69 Å². The van der Waals surface area contributed by atoms with Crippen molar-refractivity contribution < 1.29 is 14.8 Å². The lowest BCUT2D eigenvalue weighted by atomic mass is 10.0. The minimum atomic E-state index is -0.889. The van der Waals surface area contributed by atoms with E-state index in [1.807, 2.05) is 6.26 Å². The summed E-state index contributed by atoms with van der Waals surface area (Å²) < 4.78 is 0. The van der Waals surface area contributed by atoms with Gasteiger partial charge in [-0.25, -0.2) is 0 Å². The Labute approximate surface area is 109 Å². The van der Waals surface area contributed by atoms with E-state index in [2.05, 4.69) is 0 Å². The van der Waals surface area contributed by atoms with Gasteiger partial charge in [0.1, 0.15) is 5.78 Å². The molecule has 1 aromatic carbocycles. The van der Waals surface area contributed by atoms with Crippen LogP contribution in [0.15, 0.2) is 24.3 Å². The number of ketones is 1. The van der Waals surface area contributed by atoms with Crippen LogP contribution in [0.5, 0.6) is 0 Å². The van der Waals surface area contributed by atoms with E-state index in [1.54, 1.807) is 11.8 Å². The summed E-state index contributed by atoms with van der Waals surface area (Å²) in [5.74, 6) is 0.737. The number of aliphatic hydroxyl groups excluding tert-OH is 1. The van der Waals surface area contributed by atoms with Gasteiger partial charge in [0.25, 0.3) is 5.69 Å². The maximum Gasteiger partial charge on any atom is 0.269 e. The van der Waals surface area contributed by atoms with Gasteiger partial charge in [0, 0.05) is 25.0 Å². The molecule has 0 heterocycles. The van der Waals surface area contributed by atoms with E-state index in [0.717, 1.165) is 5.75 Å². The molecule has 1 atom stereocenters. The van der Waals surface area contributed by atoms with Crippen LogP contribution < -0.4 is 0 Å². The van der Waals surface area contributed by atoms with Gasteiger partial charge < -0.3 is 5.11 Å². The van der Waals surface area contributed by atoms with Crippen molar-refractivity contribution in [3.05, 3.63) is 39.9 Å². The number of nitro groups is 1. The maximum atomic E-state index is 11.5. The molecular weight excluding hydrogens is 254 g/mol. The van der Waals surface area contributed by atoms with Crippen LogP contribution in [0.3, 0.4) is 0 Å². The quantitative estimate of drug-likeness (QED) is 0.607. The summed E-state index contributed by atoms with van der Waals surface area (Å²) in [5, 5.41) is 20.3. The highest BCUT2D eigenvalue weighted by Crippen LogP contribution is 2.21. The molecule has 1 aromatic rings. The Morgan fingerprint density at radius 1 is 1.44 bits per heavy atom. The molecule has 0 aliphatic carbocycles. The molecule has 0 aliphatic heterocycles. The molecule has 0 fully saturated rings. The van der Waals surface area contributed by atoms with Crippen molar-refractivity contribution in [2.45, 2.75) is 18.9 Å². The van der Waals surface area contributed by atoms with Crippen LogP contribution in [0, 0.1) is 10.1 Å². The number of hydrogen-bond donors (Lipinski definition) is 1. The summed E-state index contributed by atoms with van der Waals surface area (Å²) in [4.78, 5) is 21.4. The number of aliphatic hydroxyl groups is 1. The number of rotatable bonds is 7. The van der Waals surface area contributed by atoms with E-state index in [0.29, 0.717) is 12.0 Å². The zero-order valence-electron chi connectivity index (χ0n) is 10.0. The third-order valence-electron chi connectivity index (χ3n) is 2.49. The Hall–Kier alpha value is -1.40. The van der Waals surface area contributed by atoms with Gasteiger partial charge >= 0.3 is 0 Å². The summed E-state index contributed by atoms with van der Waals surface area (Å²) in [5.41, 5.74) is 0.498. The minimum absolute atomic E-state index is 0.00444. The fourth-order valence-electron chi connectivity index (χ4n) is 1.47. The van der Waals surface area contributed by atoms with Gasteiger partial charge in [-0.15, -0.1) is 0 Å². The largest absolute Gasteiger partial charge is 0.388 e. The first kappa shape index (κ1) is 14.7. The molecule has 1 rings (SSSR count). The number of Topliss-reactive ketones (excluding diaryl/α,β-unsaturated/α-hetero) is 1. The molecule has 0 amide bonds. The van der Waals surface area contributed by atoms with E-state index in [-0.39, 0.29) is 17.9 Å². The van der Waals surface area contributed by atoms with Crippen molar-refractivity contribution >= 4 is 23.2 Å². The second-order valence-electron chi connectivity index (χ2n) is 3.85. The smallest absolute Gasteiger partial charge is 0.269 e. The number of nitro benzene ring substituents is 1. The van der Waals surface area contributed by atoms with Gasteiger partial charge in [-0.3, -0.25) is 14.9 Å². The predicted octanol–water partition coefficient (Wildman–Crippen LogP) is 2.34. The lowest BCUT2D eigenvalue weighted by Crippen LogP contribution is -2.07. The molecule has 0 saturated carbocycles. The molecular formula is C12H15NO4S. The third kappa shape index (κ3) is 4.46. The highest BCUT2D eigenvalue weighted by Gasteiger charge is 2.14. The summed E-state index contributed by atoms with van der Waals surface area (Å²) >= 11 is 1.58. The van der Waals surface area contributed by atoms with E-state index in [4.69, 9.17) is 0 Å². The molecule has 0 bridgehead atoms. The number of non-ortho nitro benzene ring substituents is 1. The van der Waals surface area contributed by atoms with Crippen LogP contribution in [0.25, 0.3) is 0 Å². The van der Waals surface area contributed by atoms with Crippen molar-refractivity contribution in [3.8, 4) is 0 Å². The topological polar surface area (TPSA) is 80.4 Å². The van der Waals surface area contributed by atoms with Crippen LogP contribution in [-0.2, 0) is 4.79 Å². The fraction of sp³-hybridized carbons (Fsp3) is 0.417. The highest BCUT2D eigenvalue weighted by molar-refractivity contribution is 7.98. The second-order valence-corrected chi connectivity index (χ2v) is 4.84. The fourth-order valence-corrected chi connectivity index (χ4v) is 1.90. The monoisotopic (exact) mass is 269 g/mol. The zero-order valence-corrected chi connectivity index (χ0v) is 10.9. The van der Waals surface area contributed by atoms with Crippen LogP contribution in [0.2, 0.25) is 0 Å². The molecule has 0 aromatic heterocycles. The SMILES string of the molecule is CSCCC(=O)C[C@@H](O)c1ccc([N+](=O)[O-])cc1. The average Bonchev–Trinajstić information content (AvgIpc) is 2.36. The second kappa shape index (κ2) is 7.13. The van der Waals surface area contributed by atoms with Crippen molar-refractivity contribution in [3.63, 3.8) is 0 Å². The first-order chi connectivity index (χ1) is 8.54. The predicted molar refractivity (Wildman–Crippen MR) is 70.7 cm³/mol. The molecule has 0 radical (unpaired) electrons. The minimum Gasteiger partial charge on any atom is -0.388 e. The van der Waals surface area contributed by atoms with Gasteiger partial charge in [-0.1, -0.05) is 0 Å². The molecule has 0 aliphatic rings. The zero-order chi connectivity index (χ0) is 13.5. The maximum absolute atomic E-state index is 11.5. The summed E-state index contributed by atoms with van der Waals surface area (Å²) in [7, 11) is 0. The van der Waals surface area contributed by atoms with Crippen molar-refractivity contribution in [1.29, 1.82) is 0 Å². The number of nitrogens with zero attached hydrogens (tertiary/aromatic N) is 1. The lowest BCUT2D eigenvalue weighted by molar-refractivity contribution is -0.384. The van der Waals surface area contributed by atoms with Gasteiger partial charge in [-0.2, -0.15) is 11.8 Å². The van der Waals surface area contributed by atoms with Crippen molar-refractivity contribution in [1.82, 2.24) is 0 Å². The van der Waals surface area contributed by atoms with E-state index in [9.17, 15) is 20.0 Å². The van der Waals surface area contributed by atoms with Gasteiger partial charge in [0.2, 0.25) is 0 Å². The van der Waals surface area contributed by atoms with E-state index in [1.165, 1.54) is 24.3 Å². The number of carbonyl (C=O) groups is 1. The molecule has 98 valence electrons. The summed E-state index contributed by atoms with van der Waals surface area (Å²) in [6.45, 7) is 0. The summed E-state index contributed by atoms with van der Waals surface area (Å²) in [6, 6.07) is 5.60. The Morgan fingerprint density at radius 2 is 2.06 bits per heavy atom. The Kier molecular flexibility index (Phi) is 5.80. The van der Waals surface area contributed by atoms with Crippen molar-refractivity contribution in [2.75, 3.05) is 12.0 Å². The Morgan fingerprint density at radius 3 is 2.56 bits per heavy atom. The number of thioether (sulfide) groups is 1. The standard InChI is InChI=1S/C12H15NO4S/c1-18-7-6-11(14)8-12(15)9-2-4-10(5-3-9)13(16)17/h2-5,12,15H,6-8H2,1H3/t12-/m1/s1. The average molecular weight is 269 g/mol. The number of benzene rings is 1. The highest BCUT2D eigenvalue weighted by atomic mass is 32.2. The number of carbonyl (C=O) groups excluding carboxylic acids is 1. The van der Waals surface area contributed by atoms with Crippen LogP contribution in [0.1, 0.15) is 24.5 Å². The van der Waals surface area contributed by atoms with Gasteiger partial charge in [0.05, 0.1) is 11.0 Å². The molecule has 0 unspecified atom stereocenters. The molecule has 0 spiro atoms. The molecule has 6 heteroatoms. The Balaban J connectivity index is 2.58. The summed E-state index contributed by atoms with van der Waals surface area (Å²) in [6.07, 6.45) is 1.52. The van der Waals surface area contributed by atoms with Crippen molar-refractivity contribution in [2.24, 2.45) is 0 Å². The normalized spacial score (nSPS) is 12.1. The number of hydrogen-bond acceptors (Lipinski definition) is 5. The van der Waals surface area contributed by atoms with E-state index >= 15 is 0 Å². The molecule has 0 saturated heterocycles. The van der Waals surface area contributed by atoms with Crippen LogP contribution in [-0.4, -0.2) is 27.8 Å². The third-order valence-corrected chi connectivity index (χ3v) is 3.11. The van der Waals surface area contributed by atoms with Gasteiger partial charge in [-0.05, 0) is 29.7 Å².